The van der Waals surface area contributed by atoms with E-state index in [-0.39, 0.29) is 40.4 Å². The van der Waals surface area contributed by atoms with Gasteiger partial charge >= 0.3 is 6.09 Å². The lowest BCUT2D eigenvalue weighted by molar-refractivity contribution is 0.0854. The maximum atomic E-state index is 14.0. The first-order valence-electron chi connectivity index (χ1n) is 28.0. The molecule has 0 unspecified atom stereocenters. The van der Waals surface area contributed by atoms with Crippen molar-refractivity contribution in [1.29, 1.82) is 10.5 Å². The minimum atomic E-state index is -0.352. The number of hydrogen-bond donors (Lipinski definition) is 1. The maximum absolute atomic E-state index is 14.0. The largest absolute Gasteiger partial charge is 0.497 e. The van der Waals surface area contributed by atoms with E-state index < -0.39 is 0 Å². The first-order chi connectivity index (χ1) is 40.9. The SMILES string of the molecule is C=CCn1c(SCCOC)nc(-c2ccccc2)c(C)c1=O.C=CCn1c(SCCOC)nc2c(c1=O)C1(CCN(C(=O)OCC)CC1)Cc1ccccc1-2.COc1ccc2c(c1)CC1(CCNCC1)c1c(OCC#N)nc(SCC#N)nc1-2. The summed E-state index contributed by atoms with van der Waals surface area (Å²) in [6.45, 7) is 16.5. The molecule has 3 aromatic carbocycles. The summed E-state index contributed by atoms with van der Waals surface area (Å²) in [5, 5.41) is 23.4. The molecule has 0 saturated carbocycles. The number of methoxy groups -OCH3 is 3. The number of nitriles is 2. The molecule has 18 nitrogen and oxygen atoms in total. The molecule has 0 atom stereocenters. The topological polar surface area (TPSA) is 222 Å². The molecule has 4 aliphatic rings. The van der Waals surface area contributed by atoms with Crippen LogP contribution in [0, 0.1) is 29.6 Å². The summed E-state index contributed by atoms with van der Waals surface area (Å²) in [6.07, 6.45) is 8.08. The van der Waals surface area contributed by atoms with Gasteiger partial charge in [-0.2, -0.15) is 15.5 Å². The third-order valence-electron chi connectivity index (χ3n) is 15.4. The molecule has 6 aromatic rings. The molecule has 10 rings (SSSR count). The van der Waals surface area contributed by atoms with Crippen LogP contribution in [0.25, 0.3) is 33.8 Å². The second-order valence-corrected chi connectivity index (χ2v) is 23.5. The van der Waals surface area contributed by atoms with Gasteiger partial charge in [0.15, 0.2) is 22.1 Å². The van der Waals surface area contributed by atoms with Crippen LogP contribution >= 0.6 is 35.3 Å². The quantitative estimate of drug-likeness (QED) is 0.0345. The molecule has 84 heavy (non-hydrogen) atoms. The highest BCUT2D eigenvalue weighted by molar-refractivity contribution is 7.99. The van der Waals surface area contributed by atoms with Crippen LogP contribution < -0.4 is 25.9 Å². The van der Waals surface area contributed by atoms with E-state index in [0.29, 0.717) is 91.5 Å². The Balaban J connectivity index is 0.000000168. The maximum Gasteiger partial charge on any atom is 0.409 e. The molecule has 2 saturated heterocycles. The lowest BCUT2D eigenvalue weighted by Gasteiger charge is -2.44. The monoisotopic (exact) mass is 1190 g/mol. The number of fused-ring (bicyclic) bond motifs is 8. The van der Waals surface area contributed by atoms with Crippen molar-refractivity contribution >= 4 is 41.4 Å². The minimum Gasteiger partial charge on any atom is -0.497 e. The fourth-order valence-corrected chi connectivity index (χ4v) is 13.7. The van der Waals surface area contributed by atoms with E-state index >= 15 is 0 Å². The number of nitrogens with zero attached hydrogens (tertiary/aromatic N) is 9. The molecule has 21 heteroatoms. The number of carbonyl (C=O) groups is 1. The van der Waals surface area contributed by atoms with Crippen LogP contribution in [0.4, 0.5) is 4.79 Å². The Bertz CT molecular complexity index is 3510. The van der Waals surface area contributed by atoms with Crippen molar-refractivity contribution in [1.82, 2.24) is 39.3 Å². The fourth-order valence-electron chi connectivity index (χ4n) is 11.4. The molecule has 2 fully saturated rings. The molecule has 440 valence electrons. The fraction of sp³-hybridized carbons (Fsp3) is 0.413. The Labute approximate surface area is 504 Å². The third kappa shape index (κ3) is 14.1. The van der Waals surface area contributed by atoms with Gasteiger partial charge in [0.05, 0.1) is 61.4 Å². The summed E-state index contributed by atoms with van der Waals surface area (Å²) < 4.78 is 30.1. The Morgan fingerprint density at radius 1 is 0.726 bits per heavy atom. The first kappa shape index (κ1) is 62.8. The molecule has 1 N–H and O–H groups in total. The van der Waals surface area contributed by atoms with Gasteiger partial charge in [0.1, 0.15) is 11.8 Å². The number of rotatable bonds is 19. The molecule has 2 aliphatic heterocycles. The van der Waals surface area contributed by atoms with Gasteiger partial charge in [0.2, 0.25) is 5.88 Å². The first-order valence-corrected chi connectivity index (χ1v) is 31.0. The molecule has 5 heterocycles. The molecule has 3 aromatic heterocycles. The number of allylic oxidation sites excluding steroid dienone is 2. The second-order valence-electron chi connectivity index (χ2n) is 20.4. The van der Waals surface area contributed by atoms with Crippen LogP contribution in [-0.2, 0) is 51.0 Å². The number of hydrogen-bond acceptors (Lipinski definition) is 18. The molecule has 0 bridgehead atoms. The average Bonchev–Trinajstić information content (AvgIpc) is 0.847. The zero-order chi connectivity index (χ0) is 59.6. The number of amides is 1. The van der Waals surface area contributed by atoms with Crippen LogP contribution in [0.3, 0.4) is 0 Å². The van der Waals surface area contributed by atoms with Gasteiger partial charge < -0.3 is 33.9 Å². The highest BCUT2D eigenvalue weighted by atomic mass is 32.2. The number of nitrogens with one attached hydrogen (secondary N) is 1. The van der Waals surface area contributed by atoms with E-state index in [9.17, 15) is 14.4 Å². The summed E-state index contributed by atoms with van der Waals surface area (Å²) >= 11 is 4.33. The number of thioether (sulfide) groups is 3. The van der Waals surface area contributed by atoms with Gasteiger partial charge in [-0.1, -0.05) is 102 Å². The zero-order valence-electron chi connectivity index (χ0n) is 48.4. The molecule has 2 aliphatic carbocycles. The van der Waals surface area contributed by atoms with E-state index in [2.05, 4.69) is 47.7 Å². The summed E-state index contributed by atoms with van der Waals surface area (Å²) in [4.78, 5) is 59.9. The normalized spacial score (nSPS) is 14.8. The summed E-state index contributed by atoms with van der Waals surface area (Å²) in [5.41, 5.74) is 9.70. The molecular formula is C63H72N10O8S3. The number of ether oxygens (including phenoxy) is 5. The average molecular weight is 1190 g/mol. The summed E-state index contributed by atoms with van der Waals surface area (Å²) in [5.74, 6) is 3.00. The second kappa shape index (κ2) is 30.0. The highest BCUT2D eigenvalue weighted by Crippen LogP contribution is 2.52. The van der Waals surface area contributed by atoms with Crippen molar-refractivity contribution in [3.05, 3.63) is 147 Å². The predicted octanol–water partition coefficient (Wildman–Crippen LogP) is 9.87. The van der Waals surface area contributed by atoms with Crippen LogP contribution in [-0.4, -0.2) is 131 Å². The summed E-state index contributed by atoms with van der Waals surface area (Å²) in [7, 11) is 5.00. The van der Waals surface area contributed by atoms with E-state index in [1.54, 1.807) is 47.5 Å². The van der Waals surface area contributed by atoms with Crippen LogP contribution in [0.2, 0.25) is 0 Å². The van der Waals surface area contributed by atoms with Gasteiger partial charge in [-0.15, -0.1) is 13.2 Å². The minimum absolute atomic E-state index is 0.00101. The number of benzene rings is 3. The van der Waals surface area contributed by atoms with Gasteiger partial charge in [-0.3, -0.25) is 18.7 Å². The van der Waals surface area contributed by atoms with Crippen LogP contribution in [0.1, 0.15) is 60.4 Å². The van der Waals surface area contributed by atoms with Crippen LogP contribution in [0.15, 0.2) is 123 Å². The zero-order valence-corrected chi connectivity index (χ0v) is 50.9. The Hall–Kier alpha value is -7.24. The van der Waals surface area contributed by atoms with Gasteiger partial charge in [0.25, 0.3) is 11.1 Å². The van der Waals surface area contributed by atoms with Gasteiger partial charge in [-0.05, 0) is 94.8 Å². The standard InChI is InChI=1S/C25H31N3O4S.C21H21N5O2S.C17H20N2O2S/c1-4-12-28-22(29)20-21(26-23(28)33-16-15-31-3)19-9-7-6-8-18(19)17-25(20)10-13-27(14-11-25)24(30)32-5-2;1-27-15-2-3-16-14(12-15)13-21(4-8-24-9-5-21)17-18(16)25-20(29-11-7-23)26-19(17)28-10-6-22;1-4-10-19-16(20)13(2)15(14-8-6-5-7-9-14)18-17(19)22-12-11-21-3/h4,6-9H,1,5,10-17H2,2-3H3;2-3,12,24H,4-5,8-11,13H2,1H3;4-9H,1,10-12H2,2-3H3. The van der Waals surface area contributed by atoms with Crippen molar-refractivity contribution in [2.45, 2.75) is 91.8 Å². The molecule has 0 radical (unpaired) electrons. The van der Waals surface area contributed by atoms with Crippen molar-refractivity contribution in [2.24, 2.45) is 0 Å². The molecule has 2 spiro atoms. The van der Waals surface area contributed by atoms with Crippen LogP contribution in [0.5, 0.6) is 11.6 Å². The number of aromatic nitrogens is 6. The molecule has 1 amide bonds. The van der Waals surface area contributed by atoms with E-state index in [1.807, 2.05) is 74.5 Å². The number of likely N-dealkylation sites (tertiary alicyclic amines) is 1. The molecular weight excluding hydrogens is 1120 g/mol. The smallest absolute Gasteiger partial charge is 0.409 e. The lowest BCUT2D eigenvalue weighted by atomic mass is 9.64. The van der Waals surface area contributed by atoms with E-state index in [0.717, 1.165) is 95.2 Å². The van der Waals surface area contributed by atoms with Crippen molar-refractivity contribution in [2.75, 3.05) is 91.2 Å². The van der Waals surface area contributed by atoms with Gasteiger partial charge in [-0.25, -0.2) is 19.7 Å². The third-order valence-corrected chi connectivity index (χ3v) is 18.0. The summed E-state index contributed by atoms with van der Waals surface area (Å²) in [6, 6.07) is 28.2. The van der Waals surface area contributed by atoms with E-state index in [1.165, 1.54) is 46.4 Å². The Morgan fingerprint density at radius 2 is 1.33 bits per heavy atom. The predicted molar refractivity (Wildman–Crippen MR) is 330 cm³/mol. The lowest BCUT2D eigenvalue weighted by Crippen LogP contribution is -2.50. The van der Waals surface area contributed by atoms with Crippen molar-refractivity contribution in [3.63, 3.8) is 0 Å². The Morgan fingerprint density at radius 3 is 1.96 bits per heavy atom. The Kier molecular flexibility index (Phi) is 22.4. The number of carbonyl (C=O) groups excluding carboxylic acids is 1. The van der Waals surface area contributed by atoms with E-state index in [4.69, 9.17) is 49.2 Å². The van der Waals surface area contributed by atoms with Crippen molar-refractivity contribution < 1.29 is 28.5 Å². The van der Waals surface area contributed by atoms with Gasteiger partial charge in [0, 0.05) is 90.6 Å². The highest BCUT2D eigenvalue weighted by Gasteiger charge is 2.47. The number of piperidine rings is 2. The van der Waals surface area contributed by atoms with Crippen molar-refractivity contribution in [3.8, 4) is 57.5 Å².